The molecular weight excluding hydrogens is 218 g/mol. The maximum Gasteiger partial charge on any atom is 0.168 e. The van der Waals surface area contributed by atoms with Crippen LogP contribution in [0.25, 0.3) is 0 Å². The van der Waals surface area contributed by atoms with Gasteiger partial charge >= 0.3 is 0 Å². The molecule has 1 saturated heterocycles. The lowest BCUT2D eigenvalue weighted by molar-refractivity contribution is -0.177. The maximum atomic E-state index is 5.70. The average Bonchev–Trinajstić information content (AvgIpc) is 2.83. The van der Waals surface area contributed by atoms with E-state index in [9.17, 15) is 0 Å². The number of nitrogens with zero attached hydrogens (tertiary/aromatic N) is 2. The lowest BCUT2D eigenvalue weighted by atomic mass is 9.90. The van der Waals surface area contributed by atoms with Crippen molar-refractivity contribution >= 4 is 5.82 Å². The second kappa shape index (κ2) is 4.58. The van der Waals surface area contributed by atoms with E-state index < -0.39 is 0 Å². The Morgan fingerprint density at radius 1 is 1.24 bits per heavy atom. The average molecular weight is 235 g/mol. The van der Waals surface area contributed by atoms with Crippen LogP contribution < -0.4 is 5.32 Å². The molecule has 0 unspecified atom stereocenters. The number of ether oxygens (including phenoxy) is 2. The van der Waals surface area contributed by atoms with Gasteiger partial charge in [-0.3, -0.25) is 0 Å². The monoisotopic (exact) mass is 235 g/mol. The zero-order chi connectivity index (χ0) is 11.6. The molecule has 5 heteroatoms. The molecule has 2 fully saturated rings. The first kappa shape index (κ1) is 10.9. The molecule has 0 aromatic carbocycles. The Morgan fingerprint density at radius 2 is 2.00 bits per heavy atom. The summed E-state index contributed by atoms with van der Waals surface area (Å²) in [5, 5.41) is 3.42. The Hall–Kier alpha value is -1.20. The van der Waals surface area contributed by atoms with E-state index in [4.69, 9.17) is 9.47 Å². The molecule has 2 aliphatic rings. The van der Waals surface area contributed by atoms with E-state index in [1.807, 2.05) is 6.07 Å². The highest BCUT2D eigenvalue weighted by Gasteiger charge is 2.40. The number of hydrogen-bond acceptors (Lipinski definition) is 5. The van der Waals surface area contributed by atoms with Gasteiger partial charge in [0.25, 0.3) is 0 Å². The predicted molar refractivity (Wildman–Crippen MR) is 62.5 cm³/mol. The van der Waals surface area contributed by atoms with Gasteiger partial charge in [-0.1, -0.05) is 0 Å². The molecule has 17 heavy (non-hydrogen) atoms. The van der Waals surface area contributed by atoms with Crippen molar-refractivity contribution in [3.63, 3.8) is 0 Å². The molecule has 2 heterocycles. The quantitative estimate of drug-likeness (QED) is 0.843. The van der Waals surface area contributed by atoms with Gasteiger partial charge in [0, 0.05) is 25.1 Å². The molecule has 1 saturated carbocycles. The molecule has 1 aliphatic carbocycles. The SMILES string of the molecule is c1cc(NC2CCC3(CC2)OCCO3)ncn1. The molecule has 5 nitrogen and oxygen atoms in total. The second-order valence-electron chi connectivity index (χ2n) is 4.62. The summed E-state index contributed by atoms with van der Waals surface area (Å²) >= 11 is 0. The van der Waals surface area contributed by atoms with E-state index in [-0.39, 0.29) is 5.79 Å². The van der Waals surface area contributed by atoms with Crippen molar-refractivity contribution in [2.24, 2.45) is 0 Å². The van der Waals surface area contributed by atoms with E-state index in [2.05, 4.69) is 15.3 Å². The maximum absolute atomic E-state index is 5.70. The van der Waals surface area contributed by atoms with Crippen LogP contribution in [0.2, 0.25) is 0 Å². The van der Waals surface area contributed by atoms with E-state index in [0.717, 1.165) is 44.7 Å². The molecule has 0 radical (unpaired) electrons. The third-order valence-corrected chi connectivity index (χ3v) is 3.49. The molecule has 0 atom stereocenters. The summed E-state index contributed by atoms with van der Waals surface area (Å²) in [6.45, 7) is 1.48. The van der Waals surface area contributed by atoms with E-state index >= 15 is 0 Å². The van der Waals surface area contributed by atoms with Crippen LogP contribution in [0.5, 0.6) is 0 Å². The Morgan fingerprint density at radius 3 is 2.65 bits per heavy atom. The minimum atomic E-state index is -0.274. The first-order chi connectivity index (χ1) is 8.36. The Labute approximate surface area is 101 Å². The first-order valence-corrected chi connectivity index (χ1v) is 6.17. The molecule has 1 aromatic rings. The van der Waals surface area contributed by atoms with E-state index in [0.29, 0.717) is 6.04 Å². The van der Waals surface area contributed by atoms with Crippen LogP contribution in [0, 0.1) is 0 Å². The summed E-state index contributed by atoms with van der Waals surface area (Å²) < 4.78 is 11.4. The van der Waals surface area contributed by atoms with Crippen LogP contribution in [0.4, 0.5) is 5.82 Å². The number of anilines is 1. The van der Waals surface area contributed by atoms with Crippen LogP contribution in [-0.4, -0.2) is 35.0 Å². The third kappa shape index (κ3) is 2.40. The van der Waals surface area contributed by atoms with Gasteiger partial charge in [-0.2, -0.15) is 0 Å². The molecule has 92 valence electrons. The van der Waals surface area contributed by atoms with Gasteiger partial charge in [-0.15, -0.1) is 0 Å². The predicted octanol–water partition coefficient (Wildman–Crippen LogP) is 1.57. The van der Waals surface area contributed by atoms with E-state index in [1.54, 1.807) is 12.5 Å². The number of hydrogen-bond donors (Lipinski definition) is 1. The lowest BCUT2D eigenvalue weighted by Crippen LogP contribution is -2.39. The van der Waals surface area contributed by atoms with Crippen LogP contribution in [0.3, 0.4) is 0 Å². The largest absolute Gasteiger partial charge is 0.367 e. The number of aromatic nitrogens is 2. The van der Waals surface area contributed by atoms with Crippen molar-refractivity contribution < 1.29 is 9.47 Å². The van der Waals surface area contributed by atoms with Gasteiger partial charge in [-0.05, 0) is 18.9 Å². The molecule has 1 aliphatic heterocycles. The Bertz CT molecular complexity index is 355. The van der Waals surface area contributed by atoms with E-state index in [1.165, 1.54) is 0 Å². The fraction of sp³-hybridized carbons (Fsp3) is 0.667. The summed E-state index contributed by atoms with van der Waals surface area (Å²) in [4.78, 5) is 8.08. The van der Waals surface area contributed by atoms with Crippen molar-refractivity contribution in [1.82, 2.24) is 9.97 Å². The van der Waals surface area contributed by atoms with Crippen molar-refractivity contribution in [1.29, 1.82) is 0 Å². The zero-order valence-electron chi connectivity index (χ0n) is 9.76. The highest BCUT2D eigenvalue weighted by Crippen LogP contribution is 2.36. The van der Waals surface area contributed by atoms with Gasteiger partial charge in [0.15, 0.2) is 5.79 Å². The summed E-state index contributed by atoms with van der Waals surface area (Å²) in [6, 6.07) is 2.36. The second-order valence-corrected chi connectivity index (χ2v) is 4.62. The van der Waals surface area contributed by atoms with Crippen molar-refractivity contribution in [3.8, 4) is 0 Å². The zero-order valence-corrected chi connectivity index (χ0v) is 9.76. The summed E-state index contributed by atoms with van der Waals surface area (Å²) in [7, 11) is 0. The summed E-state index contributed by atoms with van der Waals surface area (Å²) in [6.07, 6.45) is 7.37. The minimum absolute atomic E-state index is 0.274. The fourth-order valence-corrected chi connectivity index (χ4v) is 2.57. The van der Waals surface area contributed by atoms with Crippen molar-refractivity contribution in [2.75, 3.05) is 18.5 Å². The Balaban J connectivity index is 1.55. The summed E-state index contributed by atoms with van der Waals surface area (Å²) in [5.74, 6) is 0.623. The first-order valence-electron chi connectivity index (χ1n) is 6.17. The van der Waals surface area contributed by atoms with Gasteiger partial charge < -0.3 is 14.8 Å². The van der Waals surface area contributed by atoms with Gasteiger partial charge in [0.1, 0.15) is 12.1 Å². The molecule has 0 amide bonds. The van der Waals surface area contributed by atoms with Crippen LogP contribution in [0.1, 0.15) is 25.7 Å². The van der Waals surface area contributed by atoms with Crippen LogP contribution in [0.15, 0.2) is 18.6 Å². The van der Waals surface area contributed by atoms with Gasteiger partial charge in [-0.25, -0.2) is 9.97 Å². The standard InChI is InChI=1S/C12H17N3O2/c1-4-12(16-7-8-17-12)5-2-10(1)15-11-3-6-13-9-14-11/h3,6,9-10H,1-2,4-5,7-8H2,(H,13,14,15). The highest BCUT2D eigenvalue weighted by atomic mass is 16.7. The smallest absolute Gasteiger partial charge is 0.168 e. The Kier molecular flexibility index (Phi) is 2.94. The molecule has 1 spiro atoms. The van der Waals surface area contributed by atoms with Crippen molar-refractivity contribution in [3.05, 3.63) is 18.6 Å². The van der Waals surface area contributed by atoms with Crippen LogP contribution in [-0.2, 0) is 9.47 Å². The number of nitrogens with one attached hydrogen (secondary N) is 1. The molecule has 1 N–H and O–H groups in total. The van der Waals surface area contributed by atoms with Gasteiger partial charge in [0.05, 0.1) is 13.2 Å². The molecule has 1 aromatic heterocycles. The molecule has 3 rings (SSSR count). The van der Waals surface area contributed by atoms with Gasteiger partial charge in [0.2, 0.25) is 0 Å². The molecular formula is C12H17N3O2. The normalized spacial score (nSPS) is 24.0. The van der Waals surface area contributed by atoms with Crippen LogP contribution >= 0.6 is 0 Å². The lowest BCUT2D eigenvalue weighted by Gasteiger charge is -2.35. The van der Waals surface area contributed by atoms with Crippen molar-refractivity contribution in [2.45, 2.75) is 37.5 Å². The minimum Gasteiger partial charge on any atom is -0.367 e. The molecule has 0 bridgehead atoms. The summed E-state index contributed by atoms with van der Waals surface area (Å²) in [5.41, 5.74) is 0. The highest BCUT2D eigenvalue weighted by molar-refractivity contribution is 5.33. The number of rotatable bonds is 2. The third-order valence-electron chi connectivity index (χ3n) is 3.49. The topological polar surface area (TPSA) is 56.3 Å². The fourth-order valence-electron chi connectivity index (χ4n) is 2.57.